The molecule has 0 heterocycles. The zero-order valence-electron chi connectivity index (χ0n) is 10.7. The standard InChI is InChI=1S/C11H21BrN2O3/c1-7(2)5-14-10(15)8(3)13-6-9(12)11(16)17-4/h7-9,13H,5-6H2,1-4H3,(H,14,15). The maximum Gasteiger partial charge on any atom is 0.320 e. The summed E-state index contributed by atoms with van der Waals surface area (Å²) in [5, 5.41) is 5.78. The Labute approximate surface area is 111 Å². The number of rotatable bonds is 7. The molecule has 0 aliphatic rings. The predicted molar refractivity (Wildman–Crippen MR) is 70.0 cm³/mol. The third-order valence-corrected chi connectivity index (χ3v) is 2.84. The van der Waals surface area contributed by atoms with Crippen LogP contribution in [0.2, 0.25) is 0 Å². The second-order valence-corrected chi connectivity index (χ2v) is 5.36. The minimum Gasteiger partial charge on any atom is -0.468 e. The van der Waals surface area contributed by atoms with E-state index in [-0.39, 0.29) is 17.9 Å². The van der Waals surface area contributed by atoms with E-state index in [1.165, 1.54) is 7.11 Å². The molecule has 0 aliphatic carbocycles. The maximum atomic E-state index is 11.6. The van der Waals surface area contributed by atoms with Gasteiger partial charge in [-0.3, -0.25) is 9.59 Å². The van der Waals surface area contributed by atoms with Crippen LogP contribution in [0.5, 0.6) is 0 Å². The molecular weight excluding hydrogens is 288 g/mol. The molecule has 6 heteroatoms. The van der Waals surface area contributed by atoms with E-state index >= 15 is 0 Å². The molecule has 0 spiro atoms. The number of carbonyl (C=O) groups excluding carboxylic acids is 2. The summed E-state index contributed by atoms with van der Waals surface area (Å²) in [5.41, 5.74) is 0. The molecule has 100 valence electrons. The fourth-order valence-electron chi connectivity index (χ4n) is 1.04. The highest BCUT2D eigenvalue weighted by atomic mass is 79.9. The van der Waals surface area contributed by atoms with Crippen molar-refractivity contribution in [2.45, 2.75) is 31.6 Å². The van der Waals surface area contributed by atoms with Crippen molar-refractivity contribution in [2.75, 3.05) is 20.2 Å². The molecule has 2 unspecified atom stereocenters. The summed E-state index contributed by atoms with van der Waals surface area (Å²) in [4.78, 5) is 22.3. The zero-order valence-corrected chi connectivity index (χ0v) is 12.3. The summed E-state index contributed by atoms with van der Waals surface area (Å²) in [7, 11) is 1.33. The van der Waals surface area contributed by atoms with E-state index in [1.54, 1.807) is 6.92 Å². The summed E-state index contributed by atoms with van der Waals surface area (Å²) < 4.78 is 4.56. The minimum absolute atomic E-state index is 0.0664. The molecular formula is C11H21BrN2O3. The molecule has 0 bridgehead atoms. The van der Waals surface area contributed by atoms with Crippen molar-refractivity contribution in [3.63, 3.8) is 0 Å². The fourth-order valence-corrected chi connectivity index (χ4v) is 1.42. The summed E-state index contributed by atoms with van der Waals surface area (Å²) >= 11 is 3.17. The molecule has 0 aromatic carbocycles. The van der Waals surface area contributed by atoms with Crippen LogP contribution in [0.1, 0.15) is 20.8 Å². The van der Waals surface area contributed by atoms with Crippen LogP contribution in [0, 0.1) is 5.92 Å². The fraction of sp³-hybridized carbons (Fsp3) is 0.818. The molecule has 1 amide bonds. The van der Waals surface area contributed by atoms with Crippen molar-refractivity contribution in [3.8, 4) is 0 Å². The molecule has 0 aliphatic heterocycles. The first-order chi connectivity index (χ1) is 7.88. The molecule has 2 atom stereocenters. The molecule has 5 nitrogen and oxygen atoms in total. The Kier molecular flexibility index (Phi) is 8.16. The molecule has 0 saturated carbocycles. The van der Waals surface area contributed by atoms with Crippen LogP contribution in [-0.2, 0) is 14.3 Å². The lowest BCUT2D eigenvalue weighted by Crippen LogP contribution is -2.45. The van der Waals surface area contributed by atoms with Gasteiger partial charge in [0.05, 0.1) is 13.2 Å². The van der Waals surface area contributed by atoms with Gasteiger partial charge in [0, 0.05) is 13.1 Å². The second kappa shape index (κ2) is 8.47. The van der Waals surface area contributed by atoms with Gasteiger partial charge in [-0.15, -0.1) is 0 Å². The third-order valence-electron chi connectivity index (χ3n) is 2.14. The van der Waals surface area contributed by atoms with Gasteiger partial charge in [0.1, 0.15) is 4.83 Å². The number of esters is 1. The quantitative estimate of drug-likeness (QED) is 0.536. The van der Waals surface area contributed by atoms with Gasteiger partial charge in [-0.25, -0.2) is 0 Å². The Morgan fingerprint density at radius 3 is 2.29 bits per heavy atom. The van der Waals surface area contributed by atoms with Gasteiger partial charge in [0.2, 0.25) is 5.91 Å². The SMILES string of the molecule is COC(=O)C(Br)CNC(C)C(=O)NCC(C)C. The predicted octanol–water partition coefficient (Wildman–Crippen LogP) is 0.673. The first-order valence-corrected chi connectivity index (χ1v) is 6.53. The average Bonchev–Trinajstić information content (AvgIpc) is 2.31. The number of hydrogen-bond donors (Lipinski definition) is 2. The molecule has 0 rings (SSSR count). The van der Waals surface area contributed by atoms with Crippen molar-refractivity contribution in [3.05, 3.63) is 0 Å². The highest BCUT2D eigenvalue weighted by Gasteiger charge is 2.18. The van der Waals surface area contributed by atoms with Crippen LogP contribution >= 0.6 is 15.9 Å². The average molecular weight is 309 g/mol. The Bertz CT molecular complexity index is 259. The molecule has 17 heavy (non-hydrogen) atoms. The van der Waals surface area contributed by atoms with Gasteiger partial charge >= 0.3 is 5.97 Å². The molecule has 0 aromatic rings. The number of halogens is 1. The van der Waals surface area contributed by atoms with E-state index in [0.29, 0.717) is 19.0 Å². The number of nitrogens with one attached hydrogen (secondary N) is 2. The third kappa shape index (κ3) is 7.33. The van der Waals surface area contributed by atoms with Crippen molar-refractivity contribution in [2.24, 2.45) is 5.92 Å². The molecule has 0 fully saturated rings. The van der Waals surface area contributed by atoms with Crippen molar-refractivity contribution in [1.29, 1.82) is 0 Å². The molecule has 0 aromatic heterocycles. The van der Waals surface area contributed by atoms with E-state index in [2.05, 4.69) is 31.3 Å². The number of ether oxygens (including phenoxy) is 1. The van der Waals surface area contributed by atoms with Crippen LogP contribution in [0.3, 0.4) is 0 Å². The van der Waals surface area contributed by atoms with E-state index in [4.69, 9.17) is 0 Å². The Hall–Kier alpha value is -0.620. The van der Waals surface area contributed by atoms with E-state index in [1.807, 2.05) is 13.8 Å². The summed E-state index contributed by atoms with van der Waals surface area (Å²) in [5.74, 6) is 0.000646. The highest BCUT2D eigenvalue weighted by molar-refractivity contribution is 9.10. The maximum absolute atomic E-state index is 11.6. The number of methoxy groups -OCH3 is 1. The second-order valence-electron chi connectivity index (χ2n) is 4.26. The molecule has 0 radical (unpaired) electrons. The normalized spacial score (nSPS) is 14.2. The van der Waals surface area contributed by atoms with Crippen molar-refractivity contribution in [1.82, 2.24) is 10.6 Å². The smallest absolute Gasteiger partial charge is 0.320 e. The van der Waals surface area contributed by atoms with Gasteiger partial charge in [-0.1, -0.05) is 29.8 Å². The van der Waals surface area contributed by atoms with Crippen LogP contribution in [0.4, 0.5) is 0 Å². The largest absolute Gasteiger partial charge is 0.468 e. The minimum atomic E-state index is -0.437. The lowest BCUT2D eigenvalue weighted by atomic mass is 10.2. The number of amides is 1. The summed E-state index contributed by atoms with van der Waals surface area (Å²) in [6.45, 7) is 6.82. The van der Waals surface area contributed by atoms with Gasteiger partial charge in [0.25, 0.3) is 0 Å². The van der Waals surface area contributed by atoms with Crippen LogP contribution in [0.15, 0.2) is 0 Å². The highest BCUT2D eigenvalue weighted by Crippen LogP contribution is 2.00. The Balaban J connectivity index is 3.88. The van der Waals surface area contributed by atoms with Crippen LogP contribution in [-0.4, -0.2) is 42.9 Å². The Morgan fingerprint density at radius 2 is 1.82 bits per heavy atom. The monoisotopic (exact) mass is 308 g/mol. The van der Waals surface area contributed by atoms with E-state index < -0.39 is 4.83 Å². The zero-order chi connectivity index (χ0) is 13.4. The Morgan fingerprint density at radius 1 is 1.24 bits per heavy atom. The van der Waals surface area contributed by atoms with Crippen LogP contribution < -0.4 is 10.6 Å². The molecule has 0 saturated heterocycles. The van der Waals surface area contributed by atoms with Crippen LogP contribution in [0.25, 0.3) is 0 Å². The van der Waals surface area contributed by atoms with E-state index in [0.717, 1.165) is 0 Å². The van der Waals surface area contributed by atoms with Gasteiger partial charge < -0.3 is 15.4 Å². The van der Waals surface area contributed by atoms with Gasteiger partial charge in [-0.05, 0) is 12.8 Å². The first kappa shape index (κ1) is 16.4. The van der Waals surface area contributed by atoms with Crippen molar-refractivity contribution >= 4 is 27.8 Å². The van der Waals surface area contributed by atoms with E-state index in [9.17, 15) is 9.59 Å². The first-order valence-electron chi connectivity index (χ1n) is 5.61. The number of hydrogen-bond acceptors (Lipinski definition) is 4. The lowest BCUT2D eigenvalue weighted by molar-refractivity contribution is -0.139. The molecule has 2 N–H and O–H groups in total. The summed E-state index contributed by atoms with van der Waals surface area (Å²) in [6, 6.07) is -0.335. The van der Waals surface area contributed by atoms with Crippen molar-refractivity contribution < 1.29 is 14.3 Å². The van der Waals surface area contributed by atoms with Gasteiger partial charge in [-0.2, -0.15) is 0 Å². The topological polar surface area (TPSA) is 67.4 Å². The lowest BCUT2D eigenvalue weighted by Gasteiger charge is -2.16. The number of carbonyl (C=O) groups is 2. The van der Waals surface area contributed by atoms with Gasteiger partial charge in [0.15, 0.2) is 0 Å². The number of alkyl halides is 1. The summed E-state index contributed by atoms with van der Waals surface area (Å²) in [6.07, 6.45) is 0.